The molecule has 3 heteroatoms. The number of hydrogen-bond donors (Lipinski definition) is 0. The van der Waals surface area contributed by atoms with E-state index in [2.05, 4.69) is 15.9 Å². The van der Waals surface area contributed by atoms with Crippen molar-refractivity contribution >= 4 is 26.7 Å². The summed E-state index contributed by atoms with van der Waals surface area (Å²) >= 11 is 3.29. The molecule has 0 aliphatic carbocycles. The molecular formula is C17H12BrFO. The second kappa shape index (κ2) is 5.63. The lowest BCUT2D eigenvalue weighted by molar-refractivity contribution is 0.471. The zero-order chi connectivity index (χ0) is 13.9. The summed E-state index contributed by atoms with van der Waals surface area (Å²) in [5.74, 6) is 0.980. The van der Waals surface area contributed by atoms with Crippen LogP contribution in [0.3, 0.4) is 0 Å². The standard InChI is InChI=1S/C17H12BrFO/c18-11-15-16(19)6-3-7-17(15)20-14-9-8-12-4-1-2-5-13(12)10-14/h1-10H,11H2. The summed E-state index contributed by atoms with van der Waals surface area (Å²) in [5, 5.41) is 2.67. The van der Waals surface area contributed by atoms with Gasteiger partial charge in [0.15, 0.2) is 0 Å². The Labute approximate surface area is 125 Å². The van der Waals surface area contributed by atoms with Crippen LogP contribution in [-0.4, -0.2) is 0 Å². The van der Waals surface area contributed by atoms with Crippen LogP contribution in [0, 0.1) is 5.82 Å². The number of alkyl halides is 1. The fourth-order valence-corrected chi connectivity index (χ4v) is 2.67. The van der Waals surface area contributed by atoms with Crippen LogP contribution >= 0.6 is 15.9 Å². The first kappa shape index (κ1) is 13.1. The number of ether oxygens (including phenoxy) is 1. The molecular weight excluding hydrogens is 319 g/mol. The van der Waals surface area contributed by atoms with E-state index in [1.807, 2.05) is 42.5 Å². The van der Waals surface area contributed by atoms with Gasteiger partial charge in [0, 0.05) is 10.9 Å². The first-order chi connectivity index (χ1) is 9.78. The molecule has 0 N–H and O–H groups in total. The summed E-state index contributed by atoms with van der Waals surface area (Å²) in [7, 11) is 0. The second-order valence-electron chi connectivity index (χ2n) is 4.46. The highest BCUT2D eigenvalue weighted by Crippen LogP contribution is 2.30. The van der Waals surface area contributed by atoms with Gasteiger partial charge in [0.25, 0.3) is 0 Å². The molecule has 0 spiro atoms. The monoisotopic (exact) mass is 330 g/mol. The minimum absolute atomic E-state index is 0.264. The Morgan fingerprint density at radius 2 is 1.70 bits per heavy atom. The summed E-state index contributed by atoms with van der Waals surface area (Å²) in [4.78, 5) is 0. The van der Waals surface area contributed by atoms with Crippen LogP contribution in [0.1, 0.15) is 5.56 Å². The molecule has 0 fully saturated rings. The van der Waals surface area contributed by atoms with Crippen molar-refractivity contribution in [1.82, 2.24) is 0 Å². The molecule has 0 radical (unpaired) electrons. The summed E-state index contributed by atoms with van der Waals surface area (Å²) in [5.41, 5.74) is 0.528. The van der Waals surface area contributed by atoms with E-state index in [4.69, 9.17) is 4.74 Å². The molecule has 3 aromatic carbocycles. The molecule has 3 aromatic rings. The van der Waals surface area contributed by atoms with Crippen LogP contribution in [-0.2, 0) is 5.33 Å². The SMILES string of the molecule is Fc1cccc(Oc2ccc3ccccc3c2)c1CBr. The van der Waals surface area contributed by atoms with E-state index in [0.717, 1.165) is 10.8 Å². The van der Waals surface area contributed by atoms with Crippen molar-refractivity contribution < 1.29 is 9.13 Å². The van der Waals surface area contributed by atoms with E-state index >= 15 is 0 Å². The quantitative estimate of drug-likeness (QED) is 0.562. The first-order valence-corrected chi connectivity index (χ1v) is 7.40. The van der Waals surface area contributed by atoms with Gasteiger partial charge in [-0.2, -0.15) is 0 Å². The Balaban J connectivity index is 1.99. The Morgan fingerprint density at radius 1 is 0.900 bits per heavy atom. The normalized spacial score (nSPS) is 10.7. The van der Waals surface area contributed by atoms with E-state index in [-0.39, 0.29) is 5.82 Å². The largest absolute Gasteiger partial charge is 0.457 e. The molecule has 0 unspecified atom stereocenters. The maximum Gasteiger partial charge on any atom is 0.134 e. The average molecular weight is 331 g/mol. The second-order valence-corrected chi connectivity index (χ2v) is 5.02. The Hall–Kier alpha value is -1.87. The van der Waals surface area contributed by atoms with Crippen LogP contribution in [0.15, 0.2) is 60.7 Å². The van der Waals surface area contributed by atoms with Gasteiger partial charge < -0.3 is 4.74 Å². The van der Waals surface area contributed by atoms with Crippen LogP contribution in [0.4, 0.5) is 4.39 Å². The minimum Gasteiger partial charge on any atom is -0.457 e. The van der Waals surface area contributed by atoms with Gasteiger partial charge in [-0.1, -0.05) is 52.3 Å². The van der Waals surface area contributed by atoms with Crippen molar-refractivity contribution in [2.45, 2.75) is 5.33 Å². The fourth-order valence-electron chi connectivity index (χ4n) is 2.12. The zero-order valence-corrected chi connectivity index (χ0v) is 12.2. The van der Waals surface area contributed by atoms with Gasteiger partial charge in [0.1, 0.15) is 17.3 Å². The highest BCUT2D eigenvalue weighted by atomic mass is 79.9. The van der Waals surface area contributed by atoms with Crippen molar-refractivity contribution in [2.24, 2.45) is 0 Å². The molecule has 1 nitrogen and oxygen atoms in total. The molecule has 0 bridgehead atoms. The number of fused-ring (bicyclic) bond motifs is 1. The summed E-state index contributed by atoms with van der Waals surface area (Å²) in [6.45, 7) is 0. The third-order valence-corrected chi connectivity index (χ3v) is 3.72. The van der Waals surface area contributed by atoms with Gasteiger partial charge in [-0.25, -0.2) is 4.39 Å². The third-order valence-electron chi connectivity index (χ3n) is 3.16. The van der Waals surface area contributed by atoms with Gasteiger partial charge in [0.2, 0.25) is 0 Å². The Kier molecular flexibility index (Phi) is 3.70. The maximum atomic E-state index is 13.7. The fraction of sp³-hybridized carbons (Fsp3) is 0.0588. The predicted octanol–water partition coefficient (Wildman–Crippen LogP) is 5.67. The smallest absolute Gasteiger partial charge is 0.134 e. The lowest BCUT2D eigenvalue weighted by Crippen LogP contribution is -1.93. The third kappa shape index (κ3) is 2.54. The molecule has 0 aromatic heterocycles. The van der Waals surface area contributed by atoms with Crippen molar-refractivity contribution in [3.63, 3.8) is 0 Å². The number of benzene rings is 3. The molecule has 0 saturated heterocycles. The highest BCUT2D eigenvalue weighted by Gasteiger charge is 2.09. The van der Waals surface area contributed by atoms with Gasteiger partial charge in [0.05, 0.1) is 0 Å². The number of halogens is 2. The van der Waals surface area contributed by atoms with E-state index in [1.54, 1.807) is 12.1 Å². The lowest BCUT2D eigenvalue weighted by atomic mass is 10.1. The van der Waals surface area contributed by atoms with Crippen molar-refractivity contribution in [3.8, 4) is 11.5 Å². The van der Waals surface area contributed by atoms with Crippen LogP contribution < -0.4 is 4.74 Å². The molecule has 20 heavy (non-hydrogen) atoms. The maximum absolute atomic E-state index is 13.7. The molecule has 100 valence electrons. The van der Waals surface area contributed by atoms with Gasteiger partial charge >= 0.3 is 0 Å². The predicted molar refractivity (Wildman–Crippen MR) is 83.1 cm³/mol. The van der Waals surface area contributed by atoms with Crippen LogP contribution in [0.25, 0.3) is 10.8 Å². The van der Waals surface area contributed by atoms with Crippen molar-refractivity contribution in [3.05, 3.63) is 72.0 Å². The van der Waals surface area contributed by atoms with E-state index in [0.29, 0.717) is 22.4 Å². The number of hydrogen-bond acceptors (Lipinski definition) is 1. The van der Waals surface area contributed by atoms with Crippen LogP contribution in [0.2, 0.25) is 0 Å². The topological polar surface area (TPSA) is 9.23 Å². The van der Waals surface area contributed by atoms with E-state index < -0.39 is 0 Å². The molecule has 0 atom stereocenters. The molecule has 0 saturated carbocycles. The van der Waals surface area contributed by atoms with E-state index in [9.17, 15) is 4.39 Å². The van der Waals surface area contributed by atoms with Crippen molar-refractivity contribution in [1.29, 1.82) is 0 Å². The molecule has 3 rings (SSSR count). The van der Waals surface area contributed by atoms with Crippen LogP contribution in [0.5, 0.6) is 11.5 Å². The molecule has 0 aliphatic rings. The molecule has 0 aliphatic heterocycles. The zero-order valence-electron chi connectivity index (χ0n) is 10.6. The lowest BCUT2D eigenvalue weighted by Gasteiger charge is -2.11. The molecule has 0 heterocycles. The van der Waals surface area contributed by atoms with E-state index in [1.165, 1.54) is 6.07 Å². The van der Waals surface area contributed by atoms with Gasteiger partial charge in [-0.15, -0.1) is 0 Å². The summed E-state index contributed by atoms with van der Waals surface area (Å²) in [6.07, 6.45) is 0. The Bertz CT molecular complexity index is 755. The average Bonchev–Trinajstić information content (AvgIpc) is 2.47. The summed E-state index contributed by atoms with van der Waals surface area (Å²) < 4.78 is 19.5. The minimum atomic E-state index is -0.264. The van der Waals surface area contributed by atoms with Gasteiger partial charge in [-0.3, -0.25) is 0 Å². The Morgan fingerprint density at radius 3 is 2.50 bits per heavy atom. The highest BCUT2D eigenvalue weighted by molar-refractivity contribution is 9.08. The summed E-state index contributed by atoms with van der Waals surface area (Å²) in [6, 6.07) is 18.8. The first-order valence-electron chi connectivity index (χ1n) is 6.28. The van der Waals surface area contributed by atoms with Gasteiger partial charge in [-0.05, 0) is 35.0 Å². The molecule has 0 amide bonds. The van der Waals surface area contributed by atoms with Crippen molar-refractivity contribution in [2.75, 3.05) is 0 Å². The number of rotatable bonds is 3.